The van der Waals surface area contributed by atoms with E-state index in [1.807, 2.05) is 17.9 Å². The second-order valence-electron chi connectivity index (χ2n) is 5.69. The van der Waals surface area contributed by atoms with Crippen molar-refractivity contribution >= 4 is 0 Å². The Balaban J connectivity index is 1.48. The van der Waals surface area contributed by atoms with Gasteiger partial charge in [0.25, 0.3) is 0 Å². The Bertz CT molecular complexity index is 526. The van der Waals surface area contributed by atoms with Crippen LogP contribution in [-0.2, 0) is 13.6 Å². The minimum atomic E-state index is 0.630. The zero-order chi connectivity index (χ0) is 13.8. The minimum Gasteiger partial charge on any atom is -0.308 e. The lowest BCUT2D eigenvalue weighted by molar-refractivity contribution is 0.339. The van der Waals surface area contributed by atoms with Crippen LogP contribution in [0.5, 0.6) is 0 Å². The molecule has 2 aromatic rings. The SMILES string of the molecule is Cn1nncc1CNC1CCC(c2ccccc2)CC1. The Morgan fingerprint density at radius 1 is 1.15 bits per heavy atom. The van der Waals surface area contributed by atoms with E-state index in [9.17, 15) is 0 Å². The Kier molecular flexibility index (Phi) is 4.11. The highest BCUT2D eigenvalue weighted by atomic mass is 15.4. The first-order valence-electron chi connectivity index (χ1n) is 7.45. The van der Waals surface area contributed by atoms with E-state index in [-0.39, 0.29) is 0 Å². The fourth-order valence-corrected chi connectivity index (χ4v) is 3.08. The van der Waals surface area contributed by atoms with Gasteiger partial charge in [0.2, 0.25) is 0 Å². The zero-order valence-electron chi connectivity index (χ0n) is 12.0. The summed E-state index contributed by atoms with van der Waals surface area (Å²) < 4.78 is 1.84. The van der Waals surface area contributed by atoms with Crippen molar-refractivity contribution in [3.63, 3.8) is 0 Å². The number of nitrogens with zero attached hydrogens (tertiary/aromatic N) is 3. The van der Waals surface area contributed by atoms with E-state index in [0.29, 0.717) is 6.04 Å². The van der Waals surface area contributed by atoms with Crippen LogP contribution in [0, 0.1) is 0 Å². The van der Waals surface area contributed by atoms with Crippen molar-refractivity contribution in [1.29, 1.82) is 0 Å². The summed E-state index contributed by atoms with van der Waals surface area (Å²) in [5.41, 5.74) is 2.65. The van der Waals surface area contributed by atoms with Gasteiger partial charge in [-0.3, -0.25) is 4.68 Å². The third-order valence-electron chi connectivity index (χ3n) is 4.38. The van der Waals surface area contributed by atoms with Gasteiger partial charge in [0.05, 0.1) is 11.9 Å². The molecule has 106 valence electrons. The van der Waals surface area contributed by atoms with E-state index in [0.717, 1.165) is 18.2 Å². The molecular formula is C16H22N4. The Morgan fingerprint density at radius 2 is 1.90 bits per heavy atom. The largest absolute Gasteiger partial charge is 0.308 e. The maximum Gasteiger partial charge on any atom is 0.0738 e. The lowest BCUT2D eigenvalue weighted by atomic mass is 9.82. The highest BCUT2D eigenvalue weighted by Gasteiger charge is 2.21. The number of aryl methyl sites for hydroxylation is 1. The molecule has 4 nitrogen and oxygen atoms in total. The molecule has 20 heavy (non-hydrogen) atoms. The predicted molar refractivity (Wildman–Crippen MR) is 79.3 cm³/mol. The first-order valence-corrected chi connectivity index (χ1v) is 7.45. The molecule has 4 heteroatoms. The summed E-state index contributed by atoms with van der Waals surface area (Å²) >= 11 is 0. The second kappa shape index (κ2) is 6.18. The van der Waals surface area contributed by atoms with Crippen LogP contribution in [0.2, 0.25) is 0 Å². The number of hydrogen-bond acceptors (Lipinski definition) is 3. The van der Waals surface area contributed by atoms with Crippen LogP contribution in [0.1, 0.15) is 42.9 Å². The van der Waals surface area contributed by atoms with Gasteiger partial charge in [0.15, 0.2) is 0 Å². The van der Waals surface area contributed by atoms with Crippen molar-refractivity contribution in [1.82, 2.24) is 20.3 Å². The molecule has 1 aromatic carbocycles. The summed E-state index contributed by atoms with van der Waals surface area (Å²) in [6, 6.07) is 11.5. The Hall–Kier alpha value is -1.68. The van der Waals surface area contributed by atoms with Crippen molar-refractivity contribution in [3.8, 4) is 0 Å². The summed E-state index contributed by atoms with van der Waals surface area (Å²) in [5.74, 6) is 0.743. The molecule has 0 unspecified atom stereocenters. The van der Waals surface area contributed by atoms with Crippen LogP contribution in [0.3, 0.4) is 0 Å². The van der Waals surface area contributed by atoms with Crippen LogP contribution in [0.15, 0.2) is 36.5 Å². The molecule has 1 N–H and O–H groups in total. The van der Waals surface area contributed by atoms with Gasteiger partial charge in [-0.25, -0.2) is 0 Å². The number of rotatable bonds is 4. The third-order valence-corrected chi connectivity index (χ3v) is 4.38. The van der Waals surface area contributed by atoms with E-state index >= 15 is 0 Å². The highest BCUT2D eigenvalue weighted by Crippen LogP contribution is 2.32. The van der Waals surface area contributed by atoms with Gasteiger partial charge in [-0.2, -0.15) is 0 Å². The van der Waals surface area contributed by atoms with Crippen LogP contribution in [0.25, 0.3) is 0 Å². The zero-order valence-corrected chi connectivity index (χ0v) is 12.0. The van der Waals surface area contributed by atoms with E-state index < -0.39 is 0 Å². The highest BCUT2D eigenvalue weighted by molar-refractivity contribution is 5.20. The molecule has 0 radical (unpaired) electrons. The molecule has 3 rings (SSSR count). The van der Waals surface area contributed by atoms with E-state index in [2.05, 4.69) is 46.0 Å². The summed E-state index contributed by atoms with van der Waals surface area (Å²) in [7, 11) is 1.94. The van der Waals surface area contributed by atoms with Gasteiger partial charge in [-0.05, 0) is 37.2 Å². The second-order valence-corrected chi connectivity index (χ2v) is 5.69. The molecule has 1 aromatic heterocycles. The predicted octanol–water partition coefficient (Wildman–Crippen LogP) is 2.63. The molecule has 0 atom stereocenters. The standard InChI is InChI=1S/C16H22N4/c1-20-16(12-18-19-20)11-17-15-9-7-14(8-10-15)13-5-3-2-4-6-13/h2-6,12,14-15,17H,7-11H2,1H3. The Morgan fingerprint density at radius 3 is 2.55 bits per heavy atom. The molecular weight excluding hydrogens is 248 g/mol. The maximum atomic E-state index is 3.96. The normalized spacial score (nSPS) is 22.9. The first kappa shape index (κ1) is 13.3. The molecule has 0 saturated heterocycles. The topological polar surface area (TPSA) is 42.7 Å². The van der Waals surface area contributed by atoms with Crippen molar-refractivity contribution in [2.75, 3.05) is 0 Å². The van der Waals surface area contributed by atoms with Gasteiger partial charge in [-0.15, -0.1) is 5.10 Å². The smallest absolute Gasteiger partial charge is 0.0738 e. The monoisotopic (exact) mass is 270 g/mol. The van der Waals surface area contributed by atoms with Crippen molar-refractivity contribution in [2.45, 2.75) is 44.2 Å². The summed E-state index contributed by atoms with van der Waals surface area (Å²) in [6.07, 6.45) is 6.91. The molecule has 0 spiro atoms. The number of nitrogens with one attached hydrogen (secondary N) is 1. The molecule has 0 amide bonds. The van der Waals surface area contributed by atoms with E-state index in [4.69, 9.17) is 0 Å². The van der Waals surface area contributed by atoms with Gasteiger partial charge < -0.3 is 5.32 Å². The third kappa shape index (κ3) is 3.07. The molecule has 1 aliphatic rings. The van der Waals surface area contributed by atoms with E-state index in [1.165, 1.54) is 31.2 Å². The molecule has 0 bridgehead atoms. The quantitative estimate of drug-likeness (QED) is 0.928. The molecule has 0 aliphatic heterocycles. The molecule has 1 fully saturated rings. The first-order chi connectivity index (χ1) is 9.83. The van der Waals surface area contributed by atoms with Crippen molar-refractivity contribution in [2.24, 2.45) is 7.05 Å². The molecule has 1 aliphatic carbocycles. The van der Waals surface area contributed by atoms with Crippen LogP contribution < -0.4 is 5.32 Å². The van der Waals surface area contributed by atoms with Gasteiger partial charge >= 0.3 is 0 Å². The summed E-state index contributed by atoms with van der Waals surface area (Å²) in [4.78, 5) is 0. The van der Waals surface area contributed by atoms with E-state index in [1.54, 1.807) is 0 Å². The fourth-order valence-electron chi connectivity index (χ4n) is 3.08. The number of aromatic nitrogens is 3. The number of hydrogen-bond donors (Lipinski definition) is 1. The molecule has 1 heterocycles. The van der Waals surface area contributed by atoms with Gasteiger partial charge in [0.1, 0.15) is 0 Å². The van der Waals surface area contributed by atoms with Crippen LogP contribution in [0.4, 0.5) is 0 Å². The fraction of sp³-hybridized carbons (Fsp3) is 0.500. The summed E-state index contributed by atoms with van der Waals surface area (Å²) in [6.45, 7) is 0.865. The van der Waals surface area contributed by atoms with Crippen LogP contribution >= 0.6 is 0 Å². The average Bonchev–Trinajstić information content (AvgIpc) is 2.92. The van der Waals surface area contributed by atoms with Gasteiger partial charge in [0, 0.05) is 19.6 Å². The Labute approximate surface area is 120 Å². The summed E-state index contributed by atoms with van der Waals surface area (Å²) in [5, 5.41) is 11.5. The molecule has 1 saturated carbocycles. The minimum absolute atomic E-state index is 0.630. The average molecular weight is 270 g/mol. The van der Waals surface area contributed by atoms with Crippen molar-refractivity contribution in [3.05, 3.63) is 47.8 Å². The van der Waals surface area contributed by atoms with Gasteiger partial charge in [-0.1, -0.05) is 35.5 Å². The maximum absolute atomic E-state index is 3.96. The number of benzene rings is 1. The van der Waals surface area contributed by atoms with Crippen LogP contribution in [-0.4, -0.2) is 21.0 Å². The lowest BCUT2D eigenvalue weighted by Gasteiger charge is -2.29. The van der Waals surface area contributed by atoms with Crippen molar-refractivity contribution < 1.29 is 0 Å². The lowest BCUT2D eigenvalue weighted by Crippen LogP contribution is -2.32.